The zero-order valence-electron chi connectivity index (χ0n) is 15.8. The minimum Gasteiger partial charge on any atom is -0.346 e. The number of fused-ring (bicyclic) bond motifs is 4. The van der Waals surface area contributed by atoms with E-state index in [4.69, 9.17) is 0 Å². The molecule has 8 heteroatoms. The molecule has 1 atom stereocenters. The van der Waals surface area contributed by atoms with Crippen molar-refractivity contribution in [2.75, 3.05) is 13.1 Å². The van der Waals surface area contributed by atoms with Gasteiger partial charge in [-0.1, -0.05) is 18.2 Å². The molecule has 3 nitrogen and oxygen atoms in total. The van der Waals surface area contributed by atoms with E-state index in [9.17, 15) is 18.0 Å². The molecule has 3 aliphatic heterocycles. The van der Waals surface area contributed by atoms with Gasteiger partial charge in [-0.15, -0.1) is 23.7 Å². The first-order valence-electron chi connectivity index (χ1n) is 9.29. The zero-order valence-corrected chi connectivity index (χ0v) is 17.4. The summed E-state index contributed by atoms with van der Waals surface area (Å²) in [6, 6.07) is 6.65. The molecule has 4 heterocycles. The summed E-state index contributed by atoms with van der Waals surface area (Å²) in [5.41, 5.74) is 0.127. The molecule has 1 amide bonds. The van der Waals surface area contributed by atoms with Gasteiger partial charge in [-0.05, 0) is 62.7 Å². The maximum Gasteiger partial charge on any atom is 0.393 e. The molecule has 1 N–H and O–H groups in total. The van der Waals surface area contributed by atoms with E-state index in [0.717, 1.165) is 37.3 Å². The minimum absolute atomic E-state index is 0. The fourth-order valence-corrected chi connectivity index (χ4v) is 5.75. The number of nitrogens with zero attached hydrogens (tertiary/aromatic N) is 1. The van der Waals surface area contributed by atoms with Crippen molar-refractivity contribution in [1.82, 2.24) is 10.2 Å². The summed E-state index contributed by atoms with van der Waals surface area (Å²) in [4.78, 5) is 15.8. The summed E-state index contributed by atoms with van der Waals surface area (Å²) in [5.74, 6) is 0.283. The summed E-state index contributed by atoms with van der Waals surface area (Å²) < 4.78 is 39.1. The van der Waals surface area contributed by atoms with Crippen molar-refractivity contribution in [2.24, 2.45) is 5.92 Å². The number of carbonyl (C=O) groups excluding carboxylic acids is 1. The van der Waals surface area contributed by atoms with Gasteiger partial charge in [-0.25, -0.2) is 0 Å². The molecule has 154 valence electrons. The van der Waals surface area contributed by atoms with Gasteiger partial charge in [-0.3, -0.25) is 9.69 Å². The SMILES string of the molecule is CC1(C)[C@H](NC(=O)c2cc3cccc(CC(F)(F)F)c3s2)C2CCN1CC2.Cl. The second kappa shape index (κ2) is 7.50. The third-order valence-electron chi connectivity index (χ3n) is 6.11. The number of hydrogen-bond acceptors (Lipinski definition) is 3. The Labute approximate surface area is 172 Å². The molecule has 1 aromatic carbocycles. The molecule has 3 aliphatic rings. The normalized spacial score (nSPS) is 26.1. The van der Waals surface area contributed by atoms with Gasteiger partial charge in [0.25, 0.3) is 5.91 Å². The Kier molecular flexibility index (Phi) is 5.73. The average Bonchev–Trinajstić information content (AvgIpc) is 3.02. The molecule has 0 spiro atoms. The van der Waals surface area contributed by atoms with Crippen LogP contribution in [0.25, 0.3) is 10.1 Å². The largest absolute Gasteiger partial charge is 0.393 e. The molecule has 1 aromatic heterocycles. The molecule has 3 saturated heterocycles. The highest BCUT2D eigenvalue weighted by atomic mass is 35.5. The molecule has 0 aliphatic carbocycles. The van der Waals surface area contributed by atoms with Gasteiger partial charge in [0.15, 0.2) is 0 Å². The highest BCUT2D eigenvalue weighted by Gasteiger charge is 2.48. The second-order valence-electron chi connectivity index (χ2n) is 8.17. The molecule has 2 aromatic rings. The maximum absolute atomic E-state index is 12.9. The summed E-state index contributed by atoms with van der Waals surface area (Å²) in [6.07, 6.45) is -3.08. The van der Waals surface area contributed by atoms with Crippen molar-refractivity contribution < 1.29 is 18.0 Å². The summed E-state index contributed by atoms with van der Waals surface area (Å²) in [6.45, 7) is 6.45. The highest BCUT2D eigenvalue weighted by molar-refractivity contribution is 7.21. The van der Waals surface area contributed by atoms with Crippen LogP contribution >= 0.6 is 23.7 Å². The van der Waals surface area contributed by atoms with Crippen LogP contribution in [0.15, 0.2) is 24.3 Å². The average molecular weight is 433 g/mol. The van der Waals surface area contributed by atoms with Gasteiger partial charge in [0.2, 0.25) is 0 Å². The van der Waals surface area contributed by atoms with Crippen molar-refractivity contribution in [1.29, 1.82) is 0 Å². The third kappa shape index (κ3) is 3.89. The van der Waals surface area contributed by atoms with Crippen LogP contribution in [0.2, 0.25) is 0 Å². The van der Waals surface area contributed by atoms with Crippen molar-refractivity contribution in [3.05, 3.63) is 34.7 Å². The number of nitrogens with one attached hydrogen (secondary N) is 1. The van der Waals surface area contributed by atoms with Gasteiger partial charge in [0, 0.05) is 16.3 Å². The van der Waals surface area contributed by atoms with E-state index in [-0.39, 0.29) is 35.5 Å². The second-order valence-corrected chi connectivity index (χ2v) is 9.22. The molecular formula is C20H24ClF3N2OS. The summed E-state index contributed by atoms with van der Waals surface area (Å²) >= 11 is 1.16. The van der Waals surface area contributed by atoms with Crippen molar-refractivity contribution in [3.63, 3.8) is 0 Å². The summed E-state index contributed by atoms with van der Waals surface area (Å²) in [7, 11) is 0. The van der Waals surface area contributed by atoms with Crippen molar-refractivity contribution in [3.8, 4) is 0 Å². The Hall–Kier alpha value is -1.31. The van der Waals surface area contributed by atoms with Crippen LogP contribution in [0.4, 0.5) is 13.2 Å². The fourth-order valence-electron chi connectivity index (χ4n) is 4.68. The standard InChI is InChI=1S/C20H23F3N2OS.ClH/c1-19(2)17(12-6-8-25(19)9-7-12)24-18(26)15-10-13-4-3-5-14(16(13)27-15)11-20(21,22)23;/h3-5,10,12,17H,6-9,11H2,1-2H3,(H,24,26);1H/t17-;/m1./s1. The number of hydrogen-bond donors (Lipinski definition) is 1. The Bertz CT molecular complexity index is 872. The quantitative estimate of drug-likeness (QED) is 0.737. The first-order valence-corrected chi connectivity index (χ1v) is 10.1. The van der Waals surface area contributed by atoms with Crippen molar-refractivity contribution >= 4 is 39.7 Å². The fraction of sp³-hybridized carbons (Fsp3) is 0.550. The first kappa shape index (κ1) is 21.4. The number of piperidine rings is 3. The zero-order chi connectivity index (χ0) is 19.4. The lowest BCUT2D eigenvalue weighted by Crippen LogP contribution is -2.69. The Morgan fingerprint density at radius 3 is 2.57 bits per heavy atom. The van der Waals surface area contributed by atoms with Gasteiger partial charge in [0.05, 0.1) is 11.3 Å². The van der Waals surface area contributed by atoms with E-state index in [0.29, 0.717) is 20.9 Å². The summed E-state index contributed by atoms with van der Waals surface area (Å²) in [5, 5.41) is 3.89. The number of halogens is 4. The molecular weight excluding hydrogens is 409 g/mol. The Morgan fingerprint density at radius 2 is 1.96 bits per heavy atom. The topological polar surface area (TPSA) is 32.3 Å². The maximum atomic E-state index is 12.9. The third-order valence-corrected chi connectivity index (χ3v) is 7.34. The van der Waals surface area contributed by atoms with Crippen molar-refractivity contribution in [2.45, 2.75) is 50.9 Å². The van der Waals surface area contributed by atoms with Crippen LogP contribution in [0, 0.1) is 5.92 Å². The lowest BCUT2D eigenvalue weighted by atomic mass is 9.72. The van der Waals surface area contributed by atoms with Gasteiger partial charge < -0.3 is 5.32 Å². The van der Waals surface area contributed by atoms with Gasteiger partial charge in [-0.2, -0.15) is 13.2 Å². The molecule has 2 bridgehead atoms. The van der Waals surface area contributed by atoms with E-state index < -0.39 is 12.6 Å². The molecule has 3 fully saturated rings. The van der Waals surface area contributed by atoms with Gasteiger partial charge in [0.1, 0.15) is 0 Å². The van der Waals surface area contributed by atoms with E-state index >= 15 is 0 Å². The predicted octanol–water partition coefficient (Wildman–Crippen LogP) is 5.03. The number of carbonyl (C=O) groups is 1. The lowest BCUT2D eigenvalue weighted by Gasteiger charge is -2.56. The Morgan fingerprint density at radius 1 is 1.29 bits per heavy atom. The van der Waals surface area contributed by atoms with E-state index in [1.54, 1.807) is 18.2 Å². The highest BCUT2D eigenvalue weighted by Crippen LogP contribution is 2.39. The monoisotopic (exact) mass is 432 g/mol. The Balaban J connectivity index is 0.00000225. The molecule has 0 unspecified atom stereocenters. The van der Waals surface area contributed by atoms with Crippen LogP contribution < -0.4 is 5.32 Å². The number of amides is 1. The minimum atomic E-state index is -4.26. The number of thiophene rings is 1. The van der Waals surface area contributed by atoms with Crippen LogP contribution in [-0.2, 0) is 6.42 Å². The van der Waals surface area contributed by atoms with Crippen LogP contribution in [0.5, 0.6) is 0 Å². The van der Waals surface area contributed by atoms with Crippen LogP contribution in [-0.4, -0.2) is 41.7 Å². The molecule has 28 heavy (non-hydrogen) atoms. The smallest absolute Gasteiger partial charge is 0.346 e. The first-order chi connectivity index (χ1) is 12.6. The van der Waals surface area contributed by atoms with E-state index in [2.05, 4.69) is 24.1 Å². The van der Waals surface area contributed by atoms with Crippen LogP contribution in [0.3, 0.4) is 0 Å². The van der Waals surface area contributed by atoms with E-state index in [1.807, 2.05) is 0 Å². The molecule has 0 radical (unpaired) electrons. The number of benzene rings is 1. The van der Waals surface area contributed by atoms with Gasteiger partial charge >= 0.3 is 6.18 Å². The molecule has 0 saturated carbocycles. The number of alkyl halides is 3. The van der Waals surface area contributed by atoms with Crippen LogP contribution in [0.1, 0.15) is 41.9 Å². The van der Waals surface area contributed by atoms with E-state index in [1.165, 1.54) is 6.07 Å². The lowest BCUT2D eigenvalue weighted by molar-refractivity contribution is -0.126. The molecule has 5 rings (SSSR count). The predicted molar refractivity (Wildman–Crippen MR) is 108 cm³/mol. The number of rotatable bonds is 3.